The van der Waals surface area contributed by atoms with E-state index in [1.54, 1.807) is 6.92 Å². The van der Waals surface area contributed by atoms with Gasteiger partial charge in [0.1, 0.15) is 11.6 Å². The minimum Gasteiger partial charge on any atom is -0.480 e. The predicted octanol–water partition coefficient (Wildman–Crippen LogP) is 2.84. The van der Waals surface area contributed by atoms with Crippen LogP contribution in [-0.4, -0.2) is 30.8 Å². The first kappa shape index (κ1) is 15.7. The lowest BCUT2D eigenvalue weighted by Crippen LogP contribution is -2.15. The standard InChI is InChI=1S/C12H11Cl2FO4/c1-2-18-12(17)6-19-11-3-7(10(16)5-13)9(15)4-8(11)14/h3-4H,2,5-6H2,1H3. The van der Waals surface area contributed by atoms with Gasteiger partial charge in [0.25, 0.3) is 0 Å². The van der Waals surface area contributed by atoms with Crippen LogP contribution in [-0.2, 0) is 9.53 Å². The second-order valence-electron chi connectivity index (χ2n) is 3.41. The van der Waals surface area contributed by atoms with Crippen molar-refractivity contribution in [3.05, 3.63) is 28.5 Å². The molecule has 19 heavy (non-hydrogen) atoms. The molecular formula is C12H11Cl2FO4. The lowest BCUT2D eigenvalue weighted by atomic mass is 10.1. The summed E-state index contributed by atoms with van der Waals surface area (Å²) in [6.45, 7) is 1.49. The van der Waals surface area contributed by atoms with Gasteiger partial charge in [-0.1, -0.05) is 11.6 Å². The third-order valence-corrected chi connectivity index (χ3v) is 2.63. The van der Waals surface area contributed by atoms with E-state index in [1.165, 1.54) is 0 Å². The van der Waals surface area contributed by atoms with Gasteiger partial charge in [-0.15, -0.1) is 11.6 Å². The Kier molecular flexibility index (Phi) is 6.05. The van der Waals surface area contributed by atoms with E-state index in [9.17, 15) is 14.0 Å². The van der Waals surface area contributed by atoms with Crippen molar-refractivity contribution in [3.63, 3.8) is 0 Å². The van der Waals surface area contributed by atoms with E-state index in [2.05, 4.69) is 4.74 Å². The number of halogens is 3. The van der Waals surface area contributed by atoms with Gasteiger partial charge in [0.2, 0.25) is 0 Å². The van der Waals surface area contributed by atoms with Crippen LogP contribution < -0.4 is 4.74 Å². The Morgan fingerprint density at radius 3 is 2.63 bits per heavy atom. The molecule has 0 aliphatic heterocycles. The lowest BCUT2D eigenvalue weighted by molar-refractivity contribution is -0.145. The normalized spacial score (nSPS) is 10.1. The van der Waals surface area contributed by atoms with E-state index >= 15 is 0 Å². The molecule has 0 aromatic heterocycles. The quantitative estimate of drug-likeness (QED) is 0.461. The summed E-state index contributed by atoms with van der Waals surface area (Å²) in [6, 6.07) is 2.05. The minimum atomic E-state index is -0.792. The van der Waals surface area contributed by atoms with Crippen molar-refractivity contribution in [3.8, 4) is 5.75 Å². The lowest BCUT2D eigenvalue weighted by Gasteiger charge is -2.09. The highest BCUT2D eigenvalue weighted by Crippen LogP contribution is 2.28. The van der Waals surface area contributed by atoms with E-state index in [-0.39, 0.29) is 35.4 Å². The fraction of sp³-hybridized carbons (Fsp3) is 0.333. The number of carbonyl (C=O) groups excluding carboxylic acids is 2. The number of rotatable bonds is 6. The van der Waals surface area contributed by atoms with E-state index < -0.39 is 17.6 Å². The van der Waals surface area contributed by atoms with Gasteiger partial charge in [-0.3, -0.25) is 4.79 Å². The van der Waals surface area contributed by atoms with Gasteiger partial charge in [-0.2, -0.15) is 0 Å². The highest BCUT2D eigenvalue weighted by atomic mass is 35.5. The second kappa shape index (κ2) is 7.31. The van der Waals surface area contributed by atoms with Gasteiger partial charge in [0.05, 0.1) is 23.1 Å². The Bertz CT molecular complexity index is 491. The molecule has 0 atom stereocenters. The van der Waals surface area contributed by atoms with Crippen LogP contribution in [0.25, 0.3) is 0 Å². The summed E-state index contributed by atoms with van der Waals surface area (Å²) in [7, 11) is 0. The number of ketones is 1. The first-order valence-corrected chi connectivity index (χ1v) is 6.27. The first-order chi connectivity index (χ1) is 8.99. The molecule has 7 heteroatoms. The summed E-state index contributed by atoms with van der Waals surface area (Å²) in [5.41, 5.74) is -0.238. The van der Waals surface area contributed by atoms with Crippen molar-refractivity contribution in [2.24, 2.45) is 0 Å². The average Bonchev–Trinajstić information content (AvgIpc) is 2.37. The molecule has 1 aromatic carbocycles. The van der Waals surface area contributed by atoms with E-state index in [4.69, 9.17) is 27.9 Å². The molecule has 1 rings (SSSR count). The Morgan fingerprint density at radius 2 is 2.05 bits per heavy atom. The Morgan fingerprint density at radius 1 is 1.37 bits per heavy atom. The molecule has 0 fully saturated rings. The molecule has 0 spiro atoms. The number of esters is 1. The molecule has 0 amide bonds. The van der Waals surface area contributed by atoms with Crippen LogP contribution in [0, 0.1) is 5.82 Å². The molecule has 0 bridgehead atoms. The summed E-state index contributed by atoms with van der Waals surface area (Å²) in [5.74, 6) is -2.33. The molecule has 0 aliphatic rings. The maximum Gasteiger partial charge on any atom is 0.344 e. The highest BCUT2D eigenvalue weighted by molar-refractivity contribution is 6.33. The van der Waals surface area contributed by atoms with Crippen LogP contribution in [0.5, 0.6) is 5.75 Å². The number of hydrogen-bond acceptors (Lipinski definition) is 4. The van der Waals surface area contributed by atoms with Gasteiger partial charge in [-0.25, -0.2) is 9.18 Å². The topological polar surface area (TPSA) is 52.6 Å². The fourth-order valence-corrected chi connectivity index (χ4v) is 1.61. The highest BCUT2D eigenvalue weighted by Gasteiger charge is 2.16. The van der Waals surface area contributed by atoms with Gasteiger partial charge in [0.15, 0.2) is 12.4 Å². The van der Waals surface area contributed by atoms with Crippen molar-refractivity contribution in [1.29, 1.82) is 0 Å². The molecule has 0 saturated heterocycles. The second-order valence-corrected chi connectivity index (χ2v) is 4.09. The van der Waals surface area contributed by atoms with Gasteiger partial charge >= 0.3 is 5.97 Å². The molecule has 0 unspecified atom stereocenters. The Hall–Kier alpha value is -1.33. The van der Waals surface area contributed by atoms with Crippen LogP contribution in [0.4, 0.5) is 4.39 Å². The Labute approximate surface area is 119 Å². The van der Waals surface area contributed by atoms with Crippen LogP contribution in [0.2, 0.25) is 5.02 Å². The van der Waals surface area contributed by atoms with E-state index in [1.807, 2.05) is 0 Å². The zero-order valence-electron chi connectivity index (χ0n) is 10.0. The average molecular weight is 309 g/mol. The van der Waals surface area contributed by atoms with E-state index in [0.717, 1.165) is 12.1 Å². The van der Waals surface area contributed by atoms with Gasteiger partial charge < -0.3 is 9.47 Å². The number of ether oxygens (including phenoxy) is 2. The molecule has 1 aromatic rings. The van der Waals surface area contributed by atoms with Gasteiger partial charge in [-0.05, 0) is 19.1 Å². The first-order valence-electron chi connectivity index (χ1n) is 5.36. The number of benzene rings is 1. The van der Waals surface area contributed by atoms with Crippen LogP contribution in [0.1, 0.15) is 17.3 Å². The Balaban J connectivity index is 2.89. The zero-order valence-corrected chi connectivity index (χ0v) is 11.6. The molecule has 0 saturated carbocycles. The molecule has 104 valence electrons. The number of hydrogen-bond donors (Lipinski definition) is 0. The molecular weight excluding hydrogens is 298 g/mol. The molecule has 4 nitrogen and oxygen atoms in total. The maximum absolute atomic E-state index is 13.5. The van der Waals surface area contributed by atoms with Crippen molar-refractivity contribution in [2.45, 2.75) is 6.92 Å². The van der Waals surface area contributed by atoms with Crippen LogP contribution >= 0.6 is 23.2 Å². The van der Waals surface area contributed by atoms with Crippen molar-refractivity contribution in [2.75, 3.05) is 19.1 Å². The van der Waals surface area contributed by atoms with Gasteiger partial charge in [0, 0.05) is 0 Å². The van der Waals surface area contributed by atoms with Crippen LogP contribution in [0.15, 0.2) is 12.1 Å². The summed E-state index contributed by atoms with van der Waals surface area (Å²) in [5, 5.41) is -0.0482. The van der Waals surface area contributed by atoms with Crippen molar-refractivity contribution < 1.29 is 23.5 Å². The maximum atomic E-state index is 13.5. The fourth-order valence-electron chi connectivity index (χ4n) is 1.26. The summed E-state index contributed by atoms with van der Waals surface area (Å²) >= 11 is 11.1. The third-order valence-electron chi connectivity index (χ3n) is 2.09. The third kappa shape index (κ3) is 4.36. The number of carbonyl (C=O) groups is 2. The molecule has 0 N–H and O–H groups in total. The summed E-state index contributed by atoms with van der Waals surface area (Å²) in [4.78, 5) is 22.5. The van der Waals surface area contributed by atoms with E-state index in [0.29, 0.717) is 0 Å². The number of alkyl halides is 1. The van der Waals surface area contributed by atoms with Crippen LogP contribution in [0.3, 0.4) is 0 Å². The SMILES string of the molecule is CCOC(=O)COc1cc(C(=O)CCl)c(F)cc1Cl. The monoisotopic (exact) mass is 308 g/mol. The molecule has 0 heterocycles. The summed E-state index contributed by atoms with van der Waals surface area (Å²) in [6.07, 6.45) is 0. The van der Waals surface area contributed by atoms with Crippen molar-refractivity contribution >= 4 is 35.0 Å². The molecule has 0 radical (unpaired) electrons. The summed E-state index contributed by atoms with van der Waals surface area (Å²) < 4.78 is 23.2. The van der Waals surface area contributed by atoms with Crippen molar-refractivity contribution in [1.82, 2.24) is 0 Å². The smallest absolute Gasteiger partial charge is 0.344 e. The molecule has 0 aliphatic carbocycles. The largest absolute Gasteiger partial charge is 0.480 e. The number of Topliss-reactive ketones (excluding diaryl/α,β-unsaturated/α-hetero) is 1. The zero-order chi connectivity index (χ0) is 14.4. The predicted molar refractivity (Wildman–Crippen MR) is 68.6 cm³/mol. The minimum absolute atomic E-state index is 0.0181.